The lowest BCUT2D eigenvalue weighted by atomic mass is 9.67. The molecule has 6 nitrogen and oxygen atoms in total. The van der Waals surface area contributed by atoms with Crippen molar-refractivity contribution in [1.82, 2.24) is 4.90 Å². The molecule has 2 aliphatic heterocycles. The van der Waals surface area contributed by atoms with E-state index in [1.165, 1.54) is 0 Å². The second-order valence-electron chi connectivity index (χ2n) is 8.51. The maximum Gasteiger partial charge on any atom is 0.314 e. The van der Waals surface area contributed by atoms with Crippen LogP contribution in [-0.4, -0.2) is 40.7 Å². The van der Waals surface area contributed by atoms with Crippen LogP contribution in [0.4, 0.5) is 4.79 Å². The minimum absolute atomic E-state index is 0.0325. The van der Waals surface area contributed by atoms with Crippen LogP contribution in [-0.2, 0) is 4.79 Å². The van der Waals surface area contributed by atoms with E-state index >= 15 is 0 Å². The normalized spacial score (nSPS) is 27.8. The third kappa shape index (κ3) is 4.06. The van der Waals surface area contributed by atoms with Gasteiger partial charge in [-0.05, 0) is 25.0 Å². The average molecular weight is 463 g/mol. The number of hydrogen-bond acceptors (Lipinski definition) is 3. The topological polar surface area (TPSA) is 92.9 Å². The molecule has 1 fully saturated rings. The summed E-state index contributed by atoms with van der Waals surface area (Å²) in [4.78, 5) is 25.7. The van der Waals surface area contributed by atoms with Gasteiger partial charge in [-0.25, -0.2) is 4.79 Å². The number of likely N-dealkylation sites (tertiary alicyclic amines) is 1. The molecule has 0 radical (unpaired) electrons. The zero-order valence-electron chi connectivity index (χ0n) is 17.1. The van der Waals surface area contributed by atoms with Gasteiger partial charge in [-0.15, -0.1) is 0 Å². The van der Waals surface area contributed by atoms with Gasteiger partial charge in [0.15, 0.2) is 0 Å². The molecule has 1 saturated heterocycles. The predicted molar refractivity (Wildman–Crippen MR) is 119 cm³/mol. The molecule has 164 valence electrons. The number of primary amides is 1. The van der Waals surface area contributed by atoms with Crippen LogP contribution in [0.3, 0.4) is 0 Å². The van der Waals surface area contributed by atoms with Crippen molar-refractivity contribution in [2.45, 2.75) is 37.2 Å². The molecule has 4 atom stereocenters. The fourth-order valence-electron chi connectivity index (χ4n) is 5.08. The lowest BCUT2D eigenvalue weighted by molar-refractivity contribution is -0.142. The maximum absolute atomic E-state index is 12.2. The quantitative estimate of drug-likeness (QED) is 0.678. The summed E-state index contributed by atoms with van der Waals surface area (Å²) in [7, 11) is 0. The van der Waals surface area contributed by atoms with Gasteiger partial charge in [0.05, 0.1) is 16.0 Å². The SMILES string of the molecule is CC1(C2CCN(C(N)=O)CC2c2ccccc2)CC(C(=O)O)c2cc(Cl)c(Cl)cc2O1. The van der Waals surface area contributed by atoms with E-state index in [2.05, 4.69) is 0 Å². The molecule has 8 heteroatoms. The molecule has 4 rings (SSSR count). The molecule has 2 aliphatic rings. The highest BCUT2D eigenvalue weighted by Crippen LogP contribution is 2.51. The van der Waals surface area contributed by atoms with Crippen molar-refractivity contribution in [3.8, 4) is 5.75 Å². The van der Waals surface area contributed by atoms with Crippen molar-refractivity contribution in [3.63, 3.8) is 0 Å². The average Bonchev–Trinajstić information content (AvgIpc) is 2.74. The molecule has 0 spiro atoms. The van der Waals surface area contributed by atoms with Crippen LogP contribution in [0, 0.1) is 5.92 Å². The number of carbonyl (C=O) groups excluding carboxylic acids is 1. The minimum atomic E-state index is -0.931. The van der Waals surface area contributed by atoms with Crippen molar-refractivity contribution in [1.29, 1.82) is 0 Å². The van der Waals surface area contributed by atoms with Crippen LogP contribution in [0.2, 0.25) is 10.0 Å². The Labute approximate surface area is 190 Å². The van der Waals surface area contributed by atoms with Gasteiger partial charge in [-0.1, -0.05) is 53.5 Å². The van der Waals surface area contributed by atoms with Gasteiger partial charge < -0.3 is 20.5 Å². The summed E-state index contributed by atoms with van der Waals surface area (Å²) in [6.45, 7) is 2.90. The molecule has 0 aliphatic carbocycles. The fraction of sp³-hybridized carbons (Fsp3) is 0.391. The third-order valence-electron chi connectivity index (χ3n) is 6.62. The van der Waals surface area contributed by atoms with E-state index in [4.69, 9.17) is 33.7 Å². The highest BCUT2D eigenvalue weighted by atomic mass is 35.5. The number of halogens is 2. The number of fused-ring (bicyclic) bond motifs is 1. The summed E-state index contributed by atoms with van der Waals surface area (Å²) >= 11 is 12.4. The van der Waals surface area contributed by atoms with Crippen molar-refractivity contribution in [2.75, 3.05) is 13.1 Å². The second kappa shape index (κ2) is 8.24. The first-order valence-corrected chi connectivity index (χ1v) is 11.0. The number of rotatable bonds is 3. The highest BCUT2D eigenvalue weighted by Gasteiger charge is 2.50. The number of carboxylic acid groups (broad SMARTS) is 1. The Morgan fingerprint density at radius 3 is 2.52 bits per heavy atom. The third-order valence-corrected chi connectivity index (χ3v) is 7.34. The van der Waals surface area contributed by atoms with Crippen molar-refractivity contribution < 1.29 is 19.4 Å². The zero-order valence-corrected chi connectivity index (χ0v) is 18.6. The number of carboxylic acids is 1. The highest BCUT2D eigenvalue weighted by molar-refractivity contribution is 6.42. The van der Waals surface area contributed by atoms with E-state index in [-0.39, 0.29) is 18.3 Å². The largest absolute Gasteiger partial charge is 0.487 e. The molecular formula is C23H24Cl2N2O4. The Bertz CT molecular complexity index is 1020. The molecule has 2 aromatic carbocycles. The number of aliphatic carboxylic acids is 1. The predicted octanol–water partition coefficient (Wildman–Crippen LogP) is 4.89. The van der Waals surface area contributed by atoms with Crippen LogP contribution in [0.1, 0.15) is 42.7 Å². The number of carbonyl (C=O) groups is 2. The minimum Gasteiger partial charge on any atom is -0.487 e. The van der Waals surface area contributed by atoms with Crippen LogP contribution in [0.25, 0.3) is 0 Å². The molecule has 0 saturated carbocycles. The summed E-state index contributed by atoms with van der Waals surface area (Å²) < 4.78 is 6.48. The van der Waals surface area contributed by atoms with Crippen molar-refractivity contribution >= 4 is 35.2 Å². The fourth-order valence-corrected chi connectivity index (χ4v) is 5.41. The molecule has 2 aromatic rings. The standard InChI is InChI=1S/C23H24Cl2N2O4/c1-23(11-15(21(28)29)14-9-18(24)19(25)10-20(14)31-23)17-7-8-27(22(26)30)12-16(17)13-5-3-2-4-6-13/h2-6,9-10,15-17H,7-8,11-12H2,1H3,(H2,26,30)(H,28,29). The van der Waals surface area contributed by atoms with E-state index < -0.39 is 23.5 Å². The number of piperidine rings is 1. The van der Waals surface area contributed by atoms with Crippen LogP contribution in [0.5, 0.6) is 5.75 Å². The van der Waals surface area contributed by atoms with E-state index in [9.17, 15) is 14.7 Å². The number of ether oxygens (including phenoxy) is 1. The Morgan fingerprint density at radius 2 is 1.87 bits per heavy atom. The number of nitrogens with zero attached hydrogens (tertiary/aromatic N) is 1. The summed E-state index contributed by atoms with van der Waals surface area (Å²) in [5, 5.41) is 10.6. The van der Waals surface area contributed by atoms with Gasteiger partial charge in [0, 0.05) is 43.0 Å². The monoisotopic (exact) mass is 462 g/mol. The molecule has 3 N–H and O–H groups in total. The summed E-state index contributed by atoms with van der Waals surface area (Å²) in [6.07, 6.45) is 0.930. The van der Waals surface area contributed by atoms with Crippen molar-refractivity contribution in [3.05, 3.63) is 63.6 Å². The summed E-state index contributed by atoms with van der Waals surface area (Å²) in [5.41, 5.74) is 6.39. The Hall–Kier alpha value is -2.44. The molecule has 4 unspecified atom stereocenters. The van der Waals surface area contributed by atoms with Crippen molar-refractivity contribution in [2.24, 2.45) is 11.7 Å². The van der Waals surface area contributed by atoms with E-state index in [0.29, 0.717) is 40.9 Å². The number of nitrogens with two attached hydrogens (primary N) is 1. The first-order valence-electron chi connectivity index (χ1n) is 10.2. The molecule has 2 amide bonds. The second-order valence-corrected chi connectivity index (χ2v) is 9.32. The van der Waals surface area contributed by atoms with Gasteiger partial charge in [0.2, 0.25) is 0 Å². The lowest BCUT2D eigenvalue weighted by Gasteiger charge is -2.50. The summed E-state index contributed by atoms with van der Waals surface area (Å²) in [5.74, 6) is -1.34. The summed E-state index contributed by atoms with van der Waals surface area (Å²) in [6, 6.07) is 12.6. The maximum atomic E-state index is 12.2. The Morgan fingerprint density at radius 1 is 1.19 bits per heavy atom. The van der Waals surface area contributed by atoms with Crippen LogP contribution in [0.15, 0.2) is 42.5 Å². The molecular weight excluding hydrogens is 439 g/mol. The van der Waals surface area contributed by atoms with Gasteiger partial charge in [0.25, 0.3) is 0 Å². The molecule has 31 heavy (non-hydrogen) atoms. The lowest BCUT2D eigenvalue weighted by Crippen LogP contribution is -2.55. The Balaban J connectivity index is 1.76. The van der Waals surface area contributed by atoms with Gasteiger partial charge in [-0.2, -0.15) is 0 Å². The van der Waals surface area contributed by atoms with Gasteiger partial charge >= 0.3 is 12.0 Å². The first-order chi connectivity index (χ1) is 14.7. The number of amides is 2. The van der Waals surface area contributed by atoms with Crippen LogP contribution < -0.4 is 10.5 Å². The van der Waals surface area contributed by atoms with E-state index in [1.54, 1.807) is 17.0 Å². The smallest absolute Gasteiger partial charge is 0.314 e. The molecule has 2 heterocycles. The zero-order chi connectivity index (χ0) is 22.3. The number of hydrogen-bond donors (Lipinski definition) is 2. The van der Waals surface area contributed by atoms with E-state index in [1.807, 2.05) is 37.3 Å². The number of benzene rings is 2. The number of urea groups is 1. The first kappa shape index (κ1) is 21.8. The van der Waals surface area contributed by atoms with Gasteiger partial charge in [0.1, 0.15) is 11.4 Å². The molecule has 0 bridgehead atoms. The van der Waals surface area contributed by atoms with Crippen LogP contribution >= 0.6 is 23.2 Å². The Kier molecular flexibility index (Phi) is 5.79. The van der Waals surface area contributed by atoms with E-state index in [0.717, 1.165) is 5.56 Å². The van der Waals surface area contributed by atoms with Gasteiger partial charge in [-0.3, -0.25) is 4.79 Å². The molecule has 0 aromatic heterocycles.